The lowest BCUT2D eigenvalue weighted by Gasteiger charge is -2.29. The van der Waals surface area contributed by atoms with Crippen molar-refractivity contribution in [1.82, 2.24) is 5.43 Å². The number of hydrogen-bond acceptors (Lipinski definition) is 2. The number of benzene rings is 2. The molecule has 0 aromatic heterocycles. The third-order valence-corrected chi connectivity index (χ3v) is 5.62. The number of unbranched alkanes of at least 4 members (excludes halogenated alkanes) is 2. The molecule has 2 aromatic rings. The van der Waals surface area contributed by atoms with E-state index in [2.05, 4.69) is 67.4 Å². The van der Waals surface area contributed by atoms with E-state index in [1.54, 1.807) is 11.0 Å². The lowest BCUT2D eigenvalue weighted by atomic mass is 9.77. The van der Waals surface area contributed by atoms with Gasteiger partial charge in [0.05, 0.1) is 0 Å². The summed E-state index contributed by atoms with van der Waals surface area (Å²) in [4.78, 5) is 8.94. The molecule has 0 radical (unpaired) electrons. The van der Waals surface area contributed by atoms with Crippen molar-refractivity contribution in [3.05, 3.63) is 60.2 Å². The van der Waals surface area contributed by atoms with Gasteiger partial charge in [0, 0.05) is 0 Å². The van der Waals surface area contributed by atoms with E-state index in [4.69, 9.17) is 4.79 Å². The van der Waals surface area contributed by atoms with Gasteiger partial charge < -0.3 is 0 Å². The minimum absolute atomic E-state index is 0.403. The number of amides is 1. The van der Waals surface area contributed by atoms with Gasteiger partial charge in [-0.3, -0.25) is 10.2 Å². The van der Waals surface area contributed by atoms with Crippen molar-refractivity contribution in [2.45, 2.75) is 64.2 Å². The maximum absolute atomic E-state index is 8.94. The Morgan fingerprint density at radius 3 is 2.07 bits per heavy atom. The van der Waals surface area contributed by atoms with Crippen LogP contribution in [-0.2, 0) is 4.79 Å². The Morgan fingerprint density at radius 1 is 0.926 bits per heavy atom. The number of nitrogens with two attached hydrogens (primary N) is 1. The summed E-state index contributed by atoms with van der Waals surface area (Å²) in [6.07, 6.45) is 11.7. The summed E-state index contributed by atoms with van der Waals surface area (Å²) in [5.74, 6) is 6.20. The van der Waals surface area contributed by atoms with Crippen LogP contribution < -0.4 is 11.3 Å². The summed E-state index contributed by atoms with van der Waals surface area (Å²) in [6, 6.07) is 20.0. The van der Waals surface area contributed by atoms with Crippen molar-refractivity contribution in [1.29, 1.82) is 0 Å². The first-order chi connectivity index (χ1) is 13.3. The second-order valence-electron chi connectivity index (χ2n) is 7.49. The molecule has 0 aliphatic heterocycles. The minimum Gasteiger partial charge on any atom is -0.297 e. The first kappa shape index (κ1) is 21.2. The van der Waals surface area contributed by atoms with Crippen molar-refractivity contribution in [3.63, 3.8) is 0 Å². The topological polar surface area (TPSA) is 55.1 Å². The molecule has 1 saturated carbocycles. The predicted octanol–water partition coefficient (Wildman–Crippen LogP) is 5.81. The number of nitrogens with one attached hydrogen (secondary N) is 1. The van der Waals surface area contributed by atoms with Gasteiger partial charge in [-0.2, -0.15) is 0 Å². The van der Waals surface area contributed by atoms with E-state index in [-0.39, 0.29) is 0 Å². The highest BCUT2D eigenvalue weighted by Gasteiger charge is 2.21. The SMILES string of the molecule is CCCCCC1CCC(c2ccc(-c3ccccc3)cc2)CC1.NNC=O. The highest BCUT2D eigenvalue weighted by molar-refractivity contribution is 5.63. The predicted molar refractivity (Wildman–Crippen MR) is 114 cm³/mol. The van der Waals surface area contributed by atoms with Gasteiger partial charge in [0.2, 0.25) is 6.41 Å². The van der Waals surface area contributed by atoms with Crippen LogP contribution in [0.2, 0.25) is 0 Å². The number of hydrazine groups is 1. The number of carbonyl (C=O) groups is 1. The van der Waals surface area contributed by atoms with Crippen LogP contribution in [0.25, 0.3) is 11.1 Å². The fourth-order valence-corrected chi connectivity index (χ4v) is 4.05. The van der Waals surface area contributed by atoms with Crippen molar-refractivity contribution >= 4 is 6.41 Å². The Hall–Kier alpha value is -2.13. The molecule has 0 atom stereocenters. The fraction of sp³-hybridized carbons (Fsp3) is 0.458. The van der Waals surface area contributed by atoms with Gasteiger partial charge in [-0.15, -0.1) is 0 Å². The van der Waals surface area contributed by atoms with Crippen LogP contribution in [0.4, 0.5) is 0 Å². The molecule has 1 aliphatic rings. The molecule has 1 fully saturated rings. The summed E-state index contributed by atoms with van der Waals surface area (Å²) in [5, 5.41) is 0. The normalized spacial score (nSPS) is 18.9. The van der Waals surface area contributed by atoms with E-state index in [0.29, 0.717) is 6.41 Å². The average molecular weight is 367 g/mol. The molecule has 3 nitrogen and oxygen atoms in total. The van der Waals surface area contributed by atoms with Crippen LogP contribution in [-0.4, -0.2) is 6.41 Å². The lowest BCUT2D eigenvalue weighted by Crippen LogP contribution is -2.18. The van der Waals surface area contributed by atoms with Crippen LogP contribution >= 0.6 is 0 Å². The van der Waals surface area contributed by atoms with E-state index < -0.39 is 0 Å². The van der Waals surface area contributed by atoms with Crippen LogP contribution in [0, 0.1) is 5.92 Å². The molecule has 3 N–H and O–H groups in total. The Bertz CT molecular complexity index is 631. The molecule has 0 unspecified atom stereocenters. The van der Waals surface area contributed by atoms with Crippen molar-refractivity contribution < 1.29 is 4.79 Å². The Morgan fingerprint density at radius 2 is 1.52 bits per heavy atom. The molecule has 0 saturated heterocycles. The molecule has 1 amide bonds. The largest absolute Gasteiger partial charge is 0.297 e. The summed E-state index contributed by atoms with van der Waals surface area (Å²) >= 11 is 0. The highest BCUT2D eigenvalue weighted by Crippen LogP contribution is 2.38. The van der Waals surface area contributed by atoms with Gasteiger partial charge in [0.15, 0.2) is 0 Å². The molecular formula is C24H34N2O. The van der Waals surface area contributed by atoms with E-state index in [9.17, 15) is 0 Å². The number of carbonyl (C=O) groups excluding carboxylic acids is 1. The molecule has 1 aliphatic carbocycles. The van der Waals surface area contributed by atoms with Gasteiger partial charge in [-0.05, 0) is 54.2 Å². The molecule has 0 bridgehead atoms. The minimum atomic E-state index is 0.403. The fourth-order valence-electron chi connectivity index (χ4n) is 4.05. The zero-order valence-corrected chi connectivity index (χ0v) is 16.6. The molecular weight excluding hydrogens is 332 g/mol. The lowest BCUT2D eigenvalue weighted by molar-refractivity contribution is -0.109. The molecule has 0 spiro atoms. The van der Waals surface area contributed by atoms with Gasteiger partial charge >= 0.3 is 0 Å². The van der Waals surface area contributed by atoms with Gasteiger partial charge in [-0.25, -0.2) is 5.84 Å². The molecule has 146 valence electrons. The third-order valence-electron chi connectivity index (χ3n) is 5.62. The van der Waals surface area contributed by atoms with Crippen molar-refractivity contribution in [2.24, 2.45) is 11.8 Å². The Balaban J connectivity index is 0.000000596. The second-order valence-corrected chi connectivity index (χ2v) is 7.49. The summed E-state index contributed by atoms with van der Waals surface area (Å²) in [6.45, 7) is 2.30. The summed E-state index contributed by atoms with van der Waals surface area (Å²) < 4.78 is 0. The average Bonchev–Trinajstić information content (AvgIpc) is 2.75. The zero-order valence-electron chi connectivity index (χ0n) is 16.6. The molecule has 0 heterocycles. The molecule has 2 aromatic carbocycles. The van der Waals surface area contributed by atoms with E-state index in [1.807, 2.05) is 0 Å². The van der Waals surface area contributed by atoms with E-state index in [1.165, 1.54) is 62.5 Å². The van der Waals surface area contributed by atoms with E-state index >= 15 is 0 Å². The second kappa shape index (κ2) is 12.3. The summed E-state index contributed by atoms with van der Waals surface area (Å²) in [5.41, 5.74) is 5.96. The smallest absolute Gasteiger partial charge is 0.221 e. The maximum atomic E-state index is 8.94. The van der Waals surface area contributed by atoms with Crippen LogP contribution in [0.5, 0.6) is 0 Å². The van der Waals surface area contributed by atoms with Gasteiger partial charge in [-0.1, -0.05) is 87.2 Å². The maximum Gasteiger partial charge on any atom is 0.221 e. The van der Waals surface area contributed by atoms with Gasteiger partial charge in [0.25, 0.3) is 0 Å². The van der Waals surface area contributed by atoms with E-state index in [0.717, 1.165) is 11.8 Å². The highest BCUT2D eigenvalue weighted by atomic mass is 16.1. The quantitative estimate of drug-likeness (QED) is 0.213. The Kier molecular flexibility index (Phi) is 9.64. The molecule has 3 rings (SSSR count). The zero-order chi connectivity index (χ0) is 19.3. The molecule has 27 heavy (non-hydrogen) atoms. The Labute approximate surface area is 164 Å². The summed E-state index contributed by atoms with van der Waals surface area (Å²) in [7, 11) is 0. The number of hydrogen-bond donors (Lipinski definition) is 2. The molecule has 3 heteroatoms. The van der Waals surface area contributed by atoms with Crippen LogP contribution in [0.1, 0.15) is 69.8 Å². The van der Waals surface area contributed by atoms with Crippen molar-refractivity contribution in [3.8, 4) is 11.1 Å². The first-order valence-corrected chi connectivity index (χ1v) is 10.3. The van der Waals surface area contributed by atoms with Crippen LogP contribution in [0.3, 0.4) is 0 Å². The first-order valence-electron chi connectivity index (χ1n) is 10.3. The third kappa shape index (κ3) is 7.18. The number of rotatable bonds is 7. The monoisotopic (exact) mass is 366 g/mol. The standard InChI is InChI=1S/C23H30.CH4N2O/c1-2-3-5-8-19-11-13-21(14-12-19)23-17-15-22(16-18-23)20-9-6-4-7-10-20;2-3-1-4/h4,6-7,9-10,15-19,21H,2-3,5,8,11-14H2,1H3;1H,2H2,(H,3,4). The van der Waals surface area contributed by atoms with Crippen LogP contribution in [0.15, 0.2) is 54.6 Å². The van der Waals surface area contributed by atoms with Crippen molar-refractivity contribution in [2.75, 3.05) is 0 Å². The van der Waals surface area contributed by atoms with Gasteiger partial charge in [0.1, 0.15) is 0 Å².